The van der Waals surface area contributed by atoms with Crippen molar-refractivity contribution >= 4 is 34.8 Å². The highest BCUT2D eigenvalue weighted by Crippen LogP contribution is 2.34. The fourth-order valence-electron chi connectivity index (χ4n) is 4.00. The average Bonchev–Trinajstić information content (AvgIpc) is 3.49. The molecule has 1 unspecified atom stereocenters. The first-order valence-corrected chi connectivity index (χ1v) is 12.2. The highest BCUT2D eigenvalue weighted by Gasteiger charge is 2.34. The molecule has 4 rings (SSSR count). The molecule has 0 saturated carbocycles. The minimum atomic E-state index is -0.221. The third kappa shape index (κ3) is 5.60. The molecule has 1 aromatic carbocycles. The molecule has 0 bridgehead atoms. The van der Waals surface area contributed by atoms with Crippen LogP contribution in [0.4, 0.5) is 0 Å². The molecule has 8 heteroatoms. The zero-order valence-corrected chi connectivity index (χ0v) is 20.3. The van der Waals surface area contributed by atoms with E-state index in [1.54, 1.807) is 40.7 Å². The number of carbonyl (C=O) groups excluding carboxylic acids is 2. The molecule has 2 aromatic heterocycles. The third-order valence-corrected chi connectivity index (χ3v) is 6.94. The van der Waals surface area contributed by atoms with Crippen molar-refractivity contribution in [3.05, 3.63) is 75.3 Å². The number of carbonyl (C=O) groups is 2. The molecule has 3 heterocycles. The topological polar surface area (TPSA) is 63.0 Å². The van der Waals surface area contributed by atoms with Crippen LogP contribution in [-0.4, -0.2) is 41.3 Å². The number of benzene rings is 1. The Morgan fingerprint density at radius 1 is 1.24 bits per heavy atom. The van der Waals surface area contributed by atoms with Crippen molar-refractivity contribution in [3.63, 3.8) is 0 Å². The summed E-state index contributed by atoms with van der Waals surface area (Å²) >= 11 is 7.68. The number of hydrogen-bond donors (Lipinski definition) is 0. The fourth-order valence-corrected chi connectivity index (χ4v) is 5.06. The summed E-state index contributed by atoms with van der Waals surface area (Å²) in [5.74, 6) is 0.947. The molecule has 0 saturated heterocycles. The standard InChI is InChI=1S/C25H27ClN2O4S/c1-17(2)25(30)27(14-20-4-3-12-31-20)15-24(29)28-11-9-23-21(10-13-33-23)22(28)16-32-19-7-5-18(26)6-8-19/h3-8,10,12-13,17,22H,9,11,14-16H2,1-2H3. The van der Waals surface area contributed by atoms with Gasteiger partial charge in [0.25, 0.3) is 0 Å². The van der Waals surface area contributed by atoms with Crippen molar-refractivity contribution in [1.82, 2.24) is 9.80 Å². The van der Waals surface area contributed by atoms with Gasteiger partial charge in [-0.25, -0.2) is 0 Å². The highest BCUT2D eigenvalue weighted by atomic mass is 35.5. The van der Waals surface area contributed by atoms with Gasteiger partial charge in [-0.05, 0) is 59.8 Å². The maximum Gasteiger partial charge on any atom is 0.242 e. The van der Waals surface area contributed by atoms with Crippen LogP contribution in [0.3, 0.4) is 0 Å². The first-order valence-electron chi connectivity index (χ1n) is 11.0. The number of furan rings is 1. The van der Waals surface area contributed by atoms with Crippen molar-refractivity contribution in [1.29, 1.82) is 0 Å². The monoisotopic (exact) mass is 486 g/mol. The minimum absolute atomic E-state index is 0.00533. The van der Waals surface area contributed by atoms with E-state index in [2.05, 4.69) is 11.4 Å². The second-order valence-corrected chi connectivity index (χ2v) is 9.78. The van der Waals surface area contributed by atoms with Crippen LogP contribution < -0.4 is 4.74 Å². The summed E-state index contributed by atoms with van der Waals surface area (Å²) in [7, 11) is 0. The minimum Gasteiger partial charge on any atom is -0.491 e. The lowest BCUT2D eigenvalue weighted by Gasteiger charge is -2.37. The van der Waals surface area contributed by atoms with E-state index in [-0.39, 0.29) is 36.9 Å². The first-order chi connectivity index (χ1) is 15.9. The van der Waals surface area contributed by atoms with Crippen LogP contribution in [0.5, 0.6) is 5.75 Å². The highest BCUT2D eigenvalue weighted by molar-refractivity contribution is 7.10. The molecule has 1 aliphatic rings. The Kier molecular flexibility index (Phi) is 7.40. The van der Waals surface area contributed by atoms with E-state index in [0.717, 1.165) is 12.0 Å². The predicted molar refractivity (Wildman–Crippen MR) is 128 cm³/mol. The van der Waals surface area contributed by atoms with Crippen LogP contribution in [0.2, 0.25) is 5.02 Å². The molecular weight excluding hydrogens is 460 g/mol. The van der Waals surface area contributed by atoms with E-state index in [9.17, 15) is 9.59 Å². The molecule has 1 aliphatic heterocycles. The maximum atomic E-state index is 13.5. The van der Waals surface area contributed by atoms with Crippen LogP contribution >= 0.6 is 22.9 Å². The molecule has 0 N–H and O–H groups in total. The number of nitrogens with zero attached hydrogens (tertiary/aromatic N) is 2. The Bertz CT molecular complexity index is 1080. The average molecular weight is 487 g/mol. The van der Waals surface area contributed by atoms with Crippen molar-refractivity contribution < 1.29 is 18.7 Å². The fraction of sp³-hybridized carbons (Fsp3) is 0.360. The molecule has 0 spiro atoms. The number of fused-ring (bicyclic) bond motifs is 1. The molecule has 3 aromatic rings. The summed E-state index contributed by atoms with van der Waals surface area (Å²) in [6, 6.07) is 12.6. The van der Waals surface area contributed by atoms with Gasteiger partial charge in [0.1, 0.15) is 24.7 Å². The molecule has 2 amide bonds. The predicted octanol–water partition coefficient (Wildman–Crippen LogP) is 5.18. The van der Waals surface area contributed by atoms with Gasteiger partial charge in [-0.3, -0.25) is 9.59 Å². The summed E-state index contributed by atoms with van der Waals surface area (Å²) in [6.45, 7) is 4.85. The van der Waals surface area contributed by atoms with Gasteiger partial charge in [0.2, 0.25) is 11.8 Å². The number of thiophene rings is 1. The lowest BCUT2D eigenvalue weighted by atomic mass is 10.00. The third-order valence-electron chi connectivity index (χ3n) is 5.70. The van der Waals surface area contributed by atoms with E-state index in [4.69, 9.17) is 20.8 Å². The smallest absolute Gasteiger partial charge is 0.242 e. The van der Waals surface area contributed by atoms with Gasteiger partial charge in [0.05, 0.1) is 18.8 Å². The summed E-state index contributed by atoms with van der Waals surface area (Å²) in [6.07, 6.45) is 2.37. The lowest BCUT2D eigenvalue weighted by molar-refractivity contribution is -0.145. The van der Waals surface area contributed by atoms with Crippen LogP contribution in [0.1, 0.15) is 36.1 Å². The summed E-state index contributed by atoms with van der Waals surface area (Å²) in [4.78, 5) is 31.0. The molecule has 0 radical (unpaired) electrons. The molecular formula is C25H27ClN2O4S. The molecule has 33 heavy (non-hydrogen) atoms. The van der Waals surface area contributed by atoms with Gasteiger partial charge < -0.3 is 19.0 Å². The summed E-state index contributed by atoms with van der Waals surface area (Å²) < 4.78 is 11.5. The SMILES string of the molecule is CC(C)C(=O)N(CC(=O)N1CCc2sccc2C1COc1ccc(Cl)cc1)Cc1ccco1. The number of ether oxygens (including phenoxy) is 1. The van der Waals surface area contributed by atoms with Gasteiger partial charge in [-0.1, -0.05) is 25.4 Å². The van der Waals surface area contributed by atoms with E-state index in [1.807, 2.05) is 36.9 Å². The van der Waals surface area contributed by atoms with Gasteiger partial charge in [-0.15, -0.1) is 11.3 Å². The quantitative estimate of drug-likeness (QED) is 0.440. The van der Waals surface area contributed by atoms with E-state index in [1.165, 1.54) is 4.88 Å². The molecule has 1 atom stereocenters. The van der Waals surface area contributed by atoms with Crippen LogP contribution in [0, 0.1) is 5.92 Å². The Morgan fingerprint density at radius 2 is 2.03 bits per heavy atom. The zero-order valence-electron chi connectivity index (χ0n) is 18.7. The van der Waals surface area contributed by atoms with Gasteiger partial charge >= 0.3 is 0 Å². The maximum absolute atomic E-state index is 13.5. The Labute approximate surface area is 202 Å². The van der Waals surface area contributed by atoms with Crippen molar-refractivity contribution in [2.24, 2.45) is 5.92 Å². The van der Waals surface area contributed by atoms with E-state index >= 15 is 0 Å². The lowest BCUT2D eigenvalue weighted by Crippen LogP contribution is -2.48. The Balaban J connectivity index is 1.51. The number of halogens is 1. The largest absolute Gasteiger partial charge is 0.491 e. The Morgan fingerprint density at radius 3 is 2.73 bits per heavy atom. The second kappa shape index (κ2) is 10.4. The zero-order chi connectivity index (χ0) is 23.4. The molecule has 0 aliphatic carbocycles. The Hall–Kier alpha value is -2.77. The van der Waals surface area contributed by atoms with Crippen LogP contribution in [0.15, 0.2) is 58.5 Å². The first kappa shape index (κ1) is 23.4. The summed E-state index contributed by atoms with van der Waals surface area (Å²) in [5.41, 5.74) is 1.11. The van der Waals surface area contributed by atoms with Crippen LogP contribution in [-0.2, 0) is 22.6 Å². The molecule has 174 valence electrons. The number of rotatable bonds is 8. The summed E-state index contributed by atoms with van der Waals surface area (Å²) in [5, 5.41) is 2.70. The van der Waals surface area contributed by atoms with Gasteiger partial charge in [0, 0.05) is 22.4 Å². The van der Waals surface area contributed by atoms with E-state index in [0.29, 0.717) is 29.7 Å². The number of hydrogen-bond acceptors (Lipinski definition) is 5. The van der Waals surface area contributed by atoms with Crippen molar-refractivity contribution in [2.45, 2.75) is 32.9 Å². The van der Waals surface area contributed by atoms with E-state index < -0.39 is 0 Å². The van der Waals surface area contributed by atoms with Crippen molar-refractivity contribution in [2.75, 3.05) is 19.7 Å². The van der Waals surface area contributed by atoms with Gasteiger partial charge in [-0.2, -0.15) is 0 Å². The van der Waals surface area contributed by atoms with Gasteiger partial charge in [0.15, 0.2) is 0 Å². The molecule has 0 fully saturated rings. The van der Waals surface area contributed by atoms with Crippen LogP contribution in [0.25, 0.3) is 0 Å². The number of amides is 2. The molecule has 6 nitrogen and oxygen atoms in total. The second-order valence-electron chi connectivity index (χ2n) is 8.35. The normalized spacial score (nSPS) is 15.4. The van der Waals surface area contributed by atoms with Crippen molar-refractivity contribution in [3.8, 4) is 5.75 Å².